The zero-order chi connectivity index (χ0) is 16.1. The zero-order valence-corrected chi connectivity index (χ0v) is 12.7. The van der Waals surface area contributed by atoms with Crippen LogP contribution < -0.4 is 4.74 Å². The van der Waals surface area contributed by atoms with Crippen LogP contribution >= 0.6 is 0 Å². The van der Waals surface area contributed by atoms with Crippen LogP contribution in [0.5, 0.6) is 5.75 Å². The van der Waals surface area contributed by atoms with Crippen LogP contribution in [-0.4, -0.2) is 36.2 Å². The van der Waals surface area contributed by atoms with Crippen molar-refractivity contribution in [3.05, 3.63) is 29.3 Å². The van der Waals surface area contributed by atoms with E-state index in [9.17, 15) is 18.3 Å². The summed E-state index contributed by atoms with van der Waals surface area (Å²) in [5.41, 5.74) is -1.68. The molecule has 2 heterocycles. The van der Waals surface area contributed by atoms with Crippen molar-refractivity contribution in [2.45, 2.75) is 49.5 Å². The number of piperidine rings is 1. The lowest BCUT2D eigenvalue weighted by Crippen LogP contribution is -2.47. The van der Waals surface area contributed by atoms with Gasteiger partial charge >= 0.3 is 6.18 Å². The van der Waals surface area contributed by atoms with E-state index in [0.29, 0.717) is 18.4 Å². The third-order valence-corrected chi connectivity index (χ3v) is 5.14. The smallest absolute Gasteiger partial charge is 0.416 e. The number of benzene rings is 1. The van der Waals surface area contributed by atoms with E-state index in [2.05, 4.69) is 4.90 Å². The molecule has 1 aromatic carbocycles. The molecule has 3 nitrogen and oxygen atoms in total. The van der Waals surface area contributed by atoms with Crippen molar-refractivity contribution in [2.24, 2.45) is 0 Å². The first-order valence-electron chi connectivity index (χ1n) is 7.44. The van der Waals surface area contributed by atoms with E-state index in [1.165, 1.54) is 13.2 Å². The Labute approximate surface area is 127 Å². The Hall–Kier alpha value is -1.27. The molecule has 0 amide bonds. The van der Waals surface area contributed by atoms with E-state index in [4.69, 9.17) is 4.74 Å². The molecule has 2 unspecified atom stereocenters. The largest absolute Gasteiger partial charge is 0.497 e. The molecule has 0 aliphatic carbocycles. The minimum Gasteiger partial charge on any atom is -0.497 e. The van der Waals surface area contributed by atoms with Gasteiger partial charge in [0.15, 0.2) is 0 Å². The standard InChI is InChI=1S/C16H20F3NO2/c1-20-12-3-4-13(20)9-15(21,8-12)10-5-11(16(17,18)19)7-14(6-10)22-2/h5-7,12-13,21H,3-4,8-9H2,1-2H3. The van der Waals surface area contributed by atoms with Gasteiger partial charge in [0.2, 0.25) is 0 Å². The van der Waals surface area contributed by atoms with Crippen molar-refractivity contribution in [3.8, 4) is 5.75 Å². The van der Waals surface area contributed by atoms with Crippen molar-refractivity contribution in [1.29, 1.82) is 0 Å². The number of aliphatic hydroxyl groups is 1. The van der Waals surface area contributed by atoms with Crippen LogP contribution in [0.3, 0.4) is 0 Å². The van der Waals surface area contributed by atoms with E-state index in [1.807, 2.05) is 7.05 Å². The van der Waals surface area contributed by atoms with Crippen LogP contribution in [0.25, 0.3) is 0 Å². The van der Waals surface area contributed by atoms with Crippen LogP contribution in [0.15, 0.2) is 18.2 Å². The fourth-order valence-corrected chi connectivity index (χ4v) is 3.83. The summed E-state index contributed by atoms with van der Waals surface area (Å²) in [4.78, 5) is 2.24. The third kappa shape index (κ3) is 2.58. The fraction of sp³-hybridized carbons (Fsp3) is 0.625. The van der Waals surface area contributed by atoms with Crippen LogP contribution in [0, 0.1) is 0 Å². The molecule has 2 aliphatic rings. The van der Waals surface area contributed by atoms with Gasteiger partial charge < -0.3 is 14.7 Å². The Morgan fingerprint density at radius 2 is 1.77 bits per heavy atom. The van der Waals surface area contributed by atoms with Crippen LogP contribution in [0.2, 0.25) is 0 Å². The Morgan fingerprint density at radius 1 is 1.18 bits per heavy atom. The second kappa shape index (κ2) is 5.13. The van der Waals surface area contributed by atoms with E-state index in [1.54, 1.807) is 0 Å². The summed E-state index contributed by atoms with van der Waals surface area (Å²) in [5.74, 6) is 0.129. The Bertz CT molecular complexity index is 559. The Kier molecular flexibility index (Phi) is 3.64. The minimum atomic E-state index is -4.45. The van der Waals surface area contributed by atoms with Gasteiger partial charge in [-0.3, -0.25) is 0 Å². The molecule has 1 N–H and O–H groups in total. The monoisotopic (exact) mass is 315 g/mol. The quantitative estimate of drug-likeness (QED) is 0.910. The molecule has 0 spiro atoms. The van der Waals surface area contributed by atoms with Crippen molar-refractivity contribution in [3.63, 3.8) is 0 Å². The molecule has 1 aromatic rings. The zero-order valence-electron chi connectivity index (χ0n) is 12.7. The minimum absolute atomic E-state index is 0.129. The number of fused-ring (bicyclic) bond motifs is 2. The molecule has 2 aliphatic heterocycles. The van der Waals surface area contributed by atoms with Gasteiger partial charge in [0.05, 0.1) is 18.3 Å². The van der Waals surface area contributed by atoms with Gasteiger partial charge in [-0.05, 0) is 56.5 Å². The molecule has 0 saturated carbocycles. The number of methoxy groups -OCH3 is 1. The van der Waals surface area contributed by atoms with Gasteiger partial charge in [-0.15, -0.1) is 0 Å². The van der Waals surface area contributed by atoms with Gasteiger partial charge in [0.1, 0.15) is 5.75 Å². The molecular formula is C16H20F3NO2. The van der Waals surface area contributed by atoms with Gasteiger partial charge in [-0.25, -0.2) is 0 Å². The van der Waals surface area contributed by atoms with E-state index >= 15 is 0 Å². The average molecular weight is 315 g/mol. The molecule has 0 radical (unpaired) electrons. The van der Waals surface area contributed by atoms with Crippen LogP contribution in [0.1, 0.15) is 36.8 Å². The van der Waals surface area contributed by atoms with Crippen LogP contribution in [0.4, 0.5) is 13.2 Å². The summed E-state index contributed by atoms with van der Waals surface area (Å²) in [6.45, 7) is 0. The predicted octanol–water partition coefficient (Wildman–Crippen LogP) is 3.16. The highest BCUT2D eigenvalue weighted by Crippen LogP contribution is 2.46. The number of halogens is 3. The molecular weight excluding hydrogens is 295 g/mol. The van der Waals surface area contributed by atoms with E-state index < -0.39 is 17.3 Å². The summed E-state index contributed by atoms with van der Waals surface area (Å²) in [6, 6.07) is 4.01. The van der Waals surface area contributed by atoms with Crippen molar-refractivity contribution in [1.82, 2.24) is 4.90 Å². The van der Waals surface area contributed by atoms with Crippen molar-refractivity contribution < 1.29 is 23.0 Å². The lowest BCUT2D eigenvalue weighted by Gasteiger charge is -2.42. The molecule has 2 bridgehead atoms. The number of ether oxygens (including phenoxy) is 1. The van der Waals surface area contributed by atoms with Crippen molar-refractivity contribution >= 4 is 0 Å². The molecule has 3 rings (SSSR count). The maximum Gasteiger partial charge on any atom is 0.416 e. The first kappa shape index (κ1) is 15.6. The number of hydrogen-bond donors (Lipinski definition) is 1. The Balaban J connectivity index is 2.00. The second-order valence-electron chi connectivity index (χ2n) is 6.44. The third-order valence-electron chi connectivity index (χ3n) is 5.14. The highest BCUT2D eigenvalue weighted by atomic mass is 19.4. The molecule has 0 aromatic heterocycles. The van der Waals surface area contributed by atoms with E-state index in [-0.39, 0.29) is 17.8 Å². The summed E-state index contributed by atoms with van der Waals surface area (Å²) in [5, 5.41) is 11.0. The normalized spacial score (nSPS) is 32.3. The predicted molar refractivity (Wildman–Crippen MR) is 75.7 cm³/mol. The highest BCUT2D eigenvalue weighted by Gasteiger charge is 2.47. The maximum absolute atomic E-state index is 13.1. The lowest BCUT2D eigenvalue weighted by atomic mass is 9.80. The van der Waals surface area contributed by atoms with Gasteiger partial charge in [0, 0.05) is 12.1 Å². The number of rotatable bonds is 2. The second-order valence-corrected chi connectivity index (χ2v) is 6.44. The average Bonchev–Trinajstić information content (AvgIpc) is 2.69. The summed E-state index contributed by atoms with van der Waals surface area (Å²) >= 11 is 0. The summed E-state index contributed by atoms with van der Waals surface area (Å²) < 4.78 is 44.2. The Morgan fingerprint density at radius 3 is 2.27 bits per heavy atom. The topological polar surface area (TPSA) is 32.7 Å². The maximum atomic E-state index is 13.1. The fourth-order valence-electron chi connectivity index (χ4n) is 3.83. The highest BCUT2D eigenvalue weighted by molar-refractivity contribution is 5.39. The summed E-state index contributed by atoms with van der Waals surface area (Å²) in [6.07, 6.45) is -1.56. The van der Waals surface area contributed by atoms with E-state index in [0.717, 1.165) is 25.0 Å². The first-order chi connectivity index (χ1) is 10.2. The van der Waals surface area contributed by atoms with Gasteiger partial charge in [-0.1, -0.05) is 0 Å². The summed E-state index contributed by atoms with van der Waals surface area (Å²) in [7, 11) is 3.36. The molecule has 2 atom stereocenters. The number of alkyl halides is 3. The molecule has 22 heavy (non-hydrogen) atoms. The first-order valence-corrected chi connectivity index (χ1v) is 7.44. The molecule has 122 valence electrons. The molecule has 6 heteroatoms. The number of nitrogens with zero attached hydrogens (tertiary/aromatic N) is 1. The number of hydrogen-bond acceptors (Lipinski definition) is 3. The SMILES string of the molecule is COc1cc(C(F)(F)F)cc(C2(O)CC3CCC(C2)N3C)c1. The van der Waals surface area contributed by atoms with Crippen LogP contribution in [-0.2, 0) is 11.8 Å². The van der Waals surface area contributed by atoms with Gasteiger partial charge in [-0.2, -0.15) is 13.2 Å². The van der Waals surface area contributed by atoms with Gasteiger partial charge in [0.25, 0.3) is 0 Å². The molecule has 2 fully saturated rings. The van der Waals surface area contributed by atoms with Crippen molar-refractivity contribution in [2.75, 3.05) is 14.2 Å². The lowest BCUT2D eigenvalue weighted by molar-refractivity contribution is -0.138. The molecule has 2 saturated heterocycles.